The van der Waals surface area contributed by atoms with Crippen LogP contribution in [0.3, 0.4) is 0 Å². The minimum atomic E-state index is -0.126. The third-order valence-corrected chi connectivity index (χ3v) is 4.55. The highest BCUT2D eigenvalue weighted by Gasteiger charge is 2.25. The largest absolute Gasteiger partial charge is 0.484 e. The molecule has 7 heteroatoms. The van der Waals surface area contributed by atoms with Gasteiger partial charge >= 0.3 is 0 Å². The lowest BCUT2D eigenvalue weighted by Gasteiger charge is -2.34. The number of amides is 2. The van der Waals surface area contributed by atoms with Crippen LogP contribution in [0.4, 0.5) is 0 Å². The minimum absolute atomic E-state index is 0.0699. The van der Waals surface area contributed by atoms with E-state index in [-0.39, 0.29) is 24.2 Å². The maximum atomic E-state index is 12.3. The van der Waals surface area contributed by atoms with Crippen LogP contribution in [0.1, 0.15) is 34.1 Å². The molecule has 1 aromatic heterocycles. The van der Waals surface area contributed by atoms with Gasteiger partial charge in [-0.15, -0.1) is 0 Å². The van der Waals surface area contributed by atoms with E-state index in [1.807, 2.05) is 6.92 Å². The molecule has 1 aliphatic rings. The van der Waals surface area contributed by atoms with Crippen LogP contribution in [-0.4, -0.2) is 60.2 Å². The Bertz CT molecular complexity index is 790. The molecule has 2 heterocycles. The number of carbonyl (C=O) groups excluding carboxylic acids is 3. The first-order chi connectivity index (χ1) is 13.1. The van der Waals surface area contributed by atoms with Crippen molar-refractivity contribution in [1.29, 1.82) is 0 Å². The Balaban J connectivity index is 1.45. The van der Waals surface area contributed by atoms with Gasteiger partial charge in [-0.1, -0.05) is 6.92 Å². The molecule has 0 atom stereocenters. The Morgan fingerprint density at radius 2 is 1.63 bits per heavy atom. The van der Waals surface area contributed by atoms with Gasteiger partial charge < -0.3 is 19.0 Å². The van der Waals surface area contributed by atoms with Crippen LogP contribution in [0.15, 0.2) is 47.3 Å². The van der Waals surface area contributed by atoms with Gasteiger partial charge in [-0.25, -0.2) is 0 Å². The third kappa shape index (κ3) is 4.55. The lowest BCUT2D eigenvalue weighted by Crippen LogP contribution is -2.51. The van der Waals surface area contributed by atoms with Crippen molar-refractivity contribution in [3.63, 3.8) is 0 Å². The number of Topliss-reactive ketones (excluding diaryl/α,β-unsaturated/α-hetero) is 1. The number of hydrogen-bond acceptors (Lipinski definition) is 5. The van der Waals surface area contributed by atoms with Crippen molar-refractivity contribution in [3.05, 3.63) is 54.0 Å². The van der Waals surface area contributed by atoms with Gasteiger partial charge in [-0.05, 0) is 30.3 Å². The summed E-state index contributed by atoms with van der Waals surface area (Å²) in [5.41, 5.74) is 1.15. The molecule has 3 rings (SSSR count). The highest BCUT2D eigenvalue weighted by Crippen LogP contribution is 2.14. The van der Waals surface area contributed by atoms with E-state index in [1.165, 1.54) is 12.5 Å². The topological polar surface area (TPSA) is 80.1 Å². The molecule has 27 heavy (non-hydrogen) atoms. The van der Waals surface area contributed by atoms with Gasteiger partial charge in [-0.3, -0.25) is 14.4 Å². The van der Waals surface area contributed by atoms with Crippen molar-refractivity contribution in [2.45, 2.75) is 13.3 Å². The first-order valence-corrected chi connectivity index (χ1v) is 8.93. The van der Waals surface area contributed by atoms with Gasteiger partial charge in [0, 0.05) is 38.2 Å². The average Bonchev–Trinajstić information content (AvgIpc) is 3.26. The van der Waals surface area contributed by atoms with Crippen LogP contribution >= 0.6 is 0 Å². The molecule has 142 valence electrons. The monoisotopic (exact) mass is 370 g/mol. The summed E-state index contributed by atoms with van der Waals surface area (Å²) < 4.78 is 10.5. The summed E-state index contributed by atoms with van der Waals surface area (Å²) in [6.07, 6.45) is 3.34. The Labute approximate surface area is 157 Å². The van der Waals surface area contributed by atoms with Crippen LogP contribution in [0, 0.1) is 0 Å². The number of nitrogens with zero attached hydrogens (tertiary/aromatic N) is 2. The van der Waals surface area contributed by atoms with Gasteiger partial charge in [0.05, 0.1) is 11.8 Å². The number of carbonyl (C=O) groups is 3. The van der Waals surface area contributed by atoms with Crippen molar-refractivity contribution in [1.82, 2.24) is 9.80 Å². The predicted octanol–water partition coefficient (Wildman–Crippen LogP) is 2.24. The SMILES string of the molecule is CCC(=O)c1ccc(OCC(=O)N2CCN(C(=O)c3ccoc3)CC2)cc1. The molecule has 2 amide bonds. The summed E-state index contributed by atoms with van der Waals surface area (Å²) in [5, 5.41) is 0. The van der Waals surface area contributed by atoms with E-state index < -0.39 is 0 Å². The van der Waals surface area contributed by atoms with E-state index in [2.05, 4.69) is 0 Å². The Kier molecular flexibility index (Phi) is 5.90. The summed E-state index contributed by atoms with van der Waals surface area (Å²) in [5.74, 6) is 0.401. The van der Waals surface area contributed by atoms with Crippen molar-refractivity contribution in [2.75, 3.05) is 32.8 Å². The number of furan rings is 1. The molecule has 0 bridgehead atoms. The normalized spacial score (nSPS) is 14.1. The fraction of sp³-hybridized carbons (Fsp3) is 0.350. The summed E-state index contributed by atoms with van der Waals surface area (Å²) in [4.78, 5) is 39.6. The molecule has 0 spiro atoms. The number of benzene rings is 1. The van der Waals surface area contributed by atoms with E-state index in [0.717, 1.165) is 0 Å². The summed E-state index contributed by atoms with van der Waals surface area (Å²) in [7, 11) is 0. The van der Waals surface area contributed by atoms with Gasteiger partial charge in [-0.2, -0.15) is 0 Å². The molecule has 0 unspecified atom stereocenters. The molecule has 1 aromatic carbocycles. The van der Waals surface area contributed by atoms with Crippen molar-refractivity contribution >= 4 is 17.6 Å². The van der Waals surface area contributed by atoms with Gasteiger partial charge in [0.25, 0.3) is 11.8 Å². The molecule has 1 aliphatic heterocycles. The molecular formula is C20H22N2O5. The van der Waals surface area contributed by atoms with Crippen LogP contribution < -0.4 is 4.74 Å². The number of rotatable bonds is 6. The van der Waals surface area contributed by atoms with Crippen LogP contribution in [-0.2, 0) is 4.79 Å². The fourth-order valence-electron chi connectivity index (χ4n) is 2.91. The zero-order valence-corrected chi connectivity index (χ0v) is 15.2. The minimum Gasteiger partial charge on any atom is -0.484 e. The van der Waals surface area contributed by atoms with E-state index in [4.69, 9.17) is 9.15 Å². The molecule has 0 saturated carbocycles. The Hall–Kier alpha value is -3.09. The van der Waals surface area contributed by atoms with Gasteiger partial charge in [0.15, 0.2) is 12.4 Å². The first kappa shape index (κ1) is 18.7. The maximum Gasteiger partial charge on any atom is 0.260 e. The van der Waals surface area contributed by atoms with Crippen molar-refractivity contribution in [3.8, 4) is 5.75 Å². The molecular weight excluding hydrogens is 348 g/mol. The predicted molar refractivity (Wildman–Crippen MR) is 97.8 cm³/mol. The Morgan fingerprint density at radius 1 is 0.963 bits per heavy atom. The number of ketones is 1. The van der Waals surface area contributed by atoms with Crippen LogP contribution in [0.5, 0.6) is 5.75 Å². The maximum absolute atomic E-state index is 12.3. The van der Waals surface area contributed by atoms with E-state index in [9.17, 15) is 14.4 Å². The lowest BCUT2D eigenvalue weighted by atomic mass is 10.1. The second kappa shape index (κ2) is 8.53. The second-order valence-electron chi connectivity index (χ2n) is 6.27. The standard InChI is InChI=1S/C20H22N2O5/c1-2-18(23)15-3-5-17(6-4-15)27-14-19(24)21-8-10-22(11-9-21)20(25)16-7-12-26-13-16/h3-7,12-13H,2,8-11,14H2,1H3. The molecule has 0 aliphatic carbocycles. The smallest absolute Gasteiger partial charge is 0.260 e. The molecule has 7 nitrogen and oxygen atoms in total. The zero-order valence-electron chi connectivity index (χ0n) is 15.2. The fourth-order valence-corrected chi connectivity index (χ4v) is 2.91. The molecule has 1 fully saturated rings. The summed E-state index contributed by atoms with van der Waals surface area (Å²) in [6, 6.07) is 8.42. The molecule has 0 N–H and O–H groups in total. The quantitative estimate of drug-likeness (QED) is 0.729. The second-order valence-corrected chi connectivity index (χ2v) is 6.27. The zero-order chi connectivity index (χ0) is 19.2. The van der Waals surface area contributed by atoms with E-state index in [0.29, 0.717) is 49.5 Å². The molecule has 1 saturated heterocycles. The highest BCUT2D eigenvalue weighted by atomic mass is 16.5. The third-order valence-electron chi connectivity index (χ3n) is 4.55. The van der Waals surface area contributed by atoms with Crippen LogP contribution in [0.2, 0.25) is 0 Å². The van der Waals surface area contributed by atoms with Gasteiger partial charge in [0.1, 0.15) is 12.0 Å². The van der Waals surface area contributed by atoms with Gasteiger partial charge in [0.2, 0.25) is 0 Å². The summed E-state index contributed by atoms with van der Waals surface area (Å²) in [6.45, 7) is 3.63. The first-order valence-electron chi connectivity index (χ1n) is 8.93. The van der Waals surface area contributed by atoms with Crippen molar-refractivity contribution < 1.29 is 23.5 Å². The lowest BCUT2D eigenvalue weighted by molar-refractivity contribution is -0.134. The number of ether oxygens (including phenoxy) is 1. The Morgan fingerprint density at radius 3 is 2.22 bits per heavy atom. The summed E-state index contributed by atoms with van der Waals surface area (Å²) >= 11 is 0. The average molecular weight is 370 g/mol. The number of piperazine rings is 1. The molecule has 2 aromatic rings. The number of hydrogen-bond donors (Lipinski definition) is 0. The highest BCUT2D eigenvalue weighted by molar-refractivity contribution is 5.96. The van der Waals surface area contributed by atoms with Crippen molar-refractivity contribution in [2.24, 2.45) is 0 Å². The van der Waals surface area contributed by atoms with E-state index in [1.54, 1.807) is 40.1 Å². The van der Waals surface area contributed by atoms with Crippen LogP contribution in [0.25, 0.3) is 0 Å². The van der Waals surface area contributed by atoms with E-state index >= 15 is 0 Å². The molecule has 0 radical (unpaired) electrons.